The van der Waals surface area contributed by atoms with E-state index < -0.39 is 28.5 Å². The minimum absolute atomic E-state index is 0.0368. The number of sulfonamides is 1. The third kappa shape index (κ3) is 7.59. The number of ether oxygens (including phenoxy) is 1. The number of halogens is 1. The molecule has 3 aromatic rings. The summed E-state index contributed by atoms with van der Waals surface area (Å²) in [6.07, 6.45) is 5.05. The van der Waals surface area contributed by atoms with E-state index in [1.165, 1.54) is 24.1 Å². The van der Waals surface area contributed by atoms with Crippen molar-refractivity contribution in [2.75, 3.05) is 18.0 Å². The molecule has 218 valence electrons. The van der Waals surface area contributed by atoms with Crippen molar-refractivity contribution in [3.63, 3.8) is 0 Å². The highest BCUT2D eigenvalue weighted by Gasteiger charge is 2.33. The molecular weight excluding hydrogens is 562 g/mol. The molecule has 8 nitrogen and oxygen atoms in total. The van der Waals surface area contributed by atoms with Crippen LogP contribution in [0.3, 0.4) is 0 Å². The largest absolute Gasteiger partial charge is 0.497 e. The van der Waals surface area contributed by atoms with Crippen molar-refractivity contribution in [2.24, 2.45) is 0 Å². The van der Waals surface area contributed by atoms with Crippen molar-refractivity contribution >= 4 is 39.1 Å². The Morgan fingerprint density at radius 3 is 2.34 bits per heavy atom. The molecular formula is C31H36ClN3O5S. The molecule has 0 aromatic heterocycles. The lowest BCUT2D eigenvalue weighted by molar-refractivity contribution is -0.139. The standard InChI is InChI=1S/C31H36ClN3O5S/c1-23(31(37)33-25-13-5-3-6-14-25)34(21-24-12-9-10-19-29(24)32)30(36)22-35(26-15-11-16-27(20-26)40-2)41(38,39)28-17-7-4-8-18-28/h4,7-12,15-20,23,25H,3,5-6,13-14,21-22H2,1-2H3,(H,33,37). The molecule has 4 rings (SSSR count). The van der Waals surface area contributed by atoms with E-state index in [0.29, 0.717) is 16.3 Å². The van der Waals surface area contributed by atoms with Gasteiger partial charge in [-0.2, -0.15) is 0 Å². The summed E-state index contributed by atoms with van der Waals surface area (Å²) >= 11 is 6.44. The topological polar surface area (TPSA) is 96.0 Å². The maximum Gasteiger partial charge on any atom is 0.264 e. The van der Waals surface area contributed by atoms with Gasteiger partial charge < -0.3 is 15.0 Å². The SMILES string of the molecule is COc1cccc(N(CC(=O)N(Cc2ccccc2Cl)C(C)C(=O)NC2CCCCC2)S(=O)(=O)c2ccccc2)c1. The van der Waals surface area contributed by atoms with Gasteiger partial charge in [-0.1, -0.05) is 73.3 Å². The summed E-state index contributed by atoms with van der Waals surface area (Å²) < 4.78 is 34.1. The van der Waals surface area contributed by atoms with Gasteiger partial charge in [-0.25, -0.2) is 8.42 Å². The molecule has 1 fully saturated rings. The highest BCUT2D eigenvalue weighted by atomic mass is 35.5. The van der Waals surface area contributed by atoms with Gasteiger partial charge in [-0.05, 0) is 55.7 Å². The van der Waals surface area contributed by atoms with E-state index in [9.17, 15) is 18.0 Å². The Balaban J connectivity index is 1.69. The number of carbonyl (C=O) groups excluding carboxylic acids is 2. The van der Waals surface area contributed by atoms with Crippen LogP contribution in [-0.2, 0) is 26.2 Å². The number of hydrogen-bond donors (Lipinski definition) is 1. The molecule has 0 spiro atoms. The van der Waals surface area contributed by atoms with Crippen LogP contribution < -0.4 is 14.4 Å². The number of amides is 2. The summed E-state index contributed by atoms with van der Waals surface area (Å²) in [4.78, 5) is 28.9. The van der Waals surface area contributed by atoms with Crippen LogP contribution in [0.1, 0.15) is 44.6 Å². The van der Waals surface area contributed by atoms with E-state index in [-0.39, 0.29) is 29.1 Å². The molecule has 1 saturated carbocycles. The van der Waals surface area contributed by atoms with Crippen LogP contribution >= 0.6 is 11.6 Å². The summed E-state index contributed by atoms with van der Waals surface area (Å²) in [6.45, 7) is 1.17. The fourth-order valence-corrected chi connectivity index (χ4v) is 6.60. The van der Waals surface area contributed by atoms with E-state index in [1.807, 2.05) is 0 Å². The second-order valence-electron chi connectivity index (χ2n) is 10.2. The number of methoxy groups -OCH3 is 1. The average Bonchev–Trinajstić information content (AvgIpc) is 2.99. The van der Waals surface area contributed by atoms with E-state index in [2.05, 4.69) is 5.32 Å². The zero-order valence-corrected chi connectivity index (χ0v) is 24.9. The maximum atomic E-state index is 14.1. The summed E-state index contributed by atoms with van der Waals surface area (Å²) in [7, 11) is -2.67. The van der Waals surface area contributed by atoms with E-state index in [4.69, 9.17) is 16.3 Å². The number of nitrogens with zero attached hydrogens (tertiary/aromatic N) is 2. The smallest absolute Gasteiger partial charge is 0.264 e. The molecule has 1 unspecified atom stereocenters. The molecule has 1 atom stereocenters. The van der Waals surface area contributed by atoms with Crippen LogP contribution in [0.25, 0.3) is 0 Å². The molecule has 41 heavy (non-hydrogen) atoms. The zero-order chi connectivity index (χ0) is 29.4. The summed E-state index contributed by atoms with van der Waals surface area (Å²) in [6, 6.07) is 20.7. The van der Waals surface area contributed by atoms with E-state index >= 15 is 0 Å². The number of carbonyl (C=O) groups is 2. The Labute approximate surface area is 247 Å². The lowest BCUT2D eigenvalue weighted by Gasteiger charge is -2.33. The summed E-state index contributed by atoms with van der Waals surface area (Å²) in [5, 5.41) is 3.55. The number of benzene rings is 3. The predicted molar refractivity (Wildman–Crippen MR) is 160 cm³/mol. The Hall–Kier alpha value is -3.56. The fourth-order valence-electron chi connectivity index (χ4n) is 4.98. The number of hydrogen-bond acceptors (Lipinski definition) is 5. The van der Waals surface area contributed by atoms with Crippen LogP contribution in [0.2, 0.25) is 5.02 Å². The van der Waals surface area contributed by atoms with Crippen molar-refractivity contribution < 1.29 is 22.7 Å². The molecule has 1 N–H and O–H groups in total. The first-order valence-electron chi connectivity index (χ1n) is 13.8. The van der Waals surface area contributed by atoms with Crippen LogP contribution in [-0.4, -0.2) is 50.9 Å². The van der Waals surface area contributed by atoms with Crippen molar-refractivity contribution in [1.82, 2.24) is 10.2 Å². The average molecular weight is 598 g/mol. The van der Waals surface area contributed by atoms with Gasteiger partial charge in [0.05, 0.1) is 17.7 Å². The molecule has 0 heterocycles. The Morgan fingerprint density at radius 1 is 0.976 bits per heavy atom. The minimum atomic E-state index is -4.15. The minimum Gasteiger partial charge on any atom is -0.497 e. The van der Waals surface area contributed by atoms with E-state index in [0.717, 1.165) is 36.4 Å². The van der Waals surface area contributed by atoms with Crippen molar-refractivity contribution in [3.8, 4) is 5.75 Å². The van der Waals surface area contributed by atoms with Gasteiger partial charge in [-0.3, -0.25) is 13.9 Å². The fraction of sp³-hybridized carbons (Fsp3) is 0.355. The molecule has 2 amide bonds. The van der Waals surface area contributed by atoms with Gasteiger partial charge >= 0.3 is 0 Å². The van der Waals surface area contributed by atoms with Gasteiger partial charge in [0.2, 0.25) is 11.8 Å². The van der Waals surface area contributed by atoms with Crippen LogP contribution in [0.5, 0.6) is 5.75 Å². The Morgan fingerprint density at radius 2 is 1.66 bits per heavy atom. The Kier molecular flexibility index (Phi) is 10.3. The number of anilines is 1. The first-order valence-corrected chi connectivity index (χ1v) is 15.6. The molecule has 0 radical (unpaired) electrons. The molecule has 10 heteroatoms. The van der Waals surface area contributed by atoms with E-state index in [1.54, 1.807) is 73.7 Å². The molecule has 0 saturated heterocycles. The third-order valence-electron chi connectivity index (χ3n) is 7.37. The highest BCUT2D eigenvalue weighted by Crippen LogP contribution is 2.28. The monoisotopic (exact) mass is 597 g/mol. The normalized spacial score (nSPS) is 14.6. The lowest BCUT2D eigenvalue weighted by atomic mass is 9.95. The molecule has 3 aromatic carbocycles. The number of rotatable bonds is 11. The van der Waals surface area contributed by atoms with Gasteiger partial charge in [0.25, 0.3) is 10.0 Å². The first kappa shape index (κ1) is 30.4. The number of nitrogens with one attached hydrogen (secondary N) is 1. The van der Waals surface area contributed by atoms with Crippen molar-refractivity contribution in [3.05, 3.63) is 89.4 Å². The van der Waals surface area contributed by atoms with Gasteiger partial charge in [0, 0.05) is 23.7 Å². The Bertz CT molecular complexity index is 1440. The molecule has 0 bridgehead atoms. The van der Waals surface area contributed by atoms with Gasteiger partial charge in [0.15, 0.2) is 0 Å². The van der Waals surface area contributed by atoms with Crippen LogP contribution in [0, 0.1) is 0 Å². The van der Waals surface area contributed by atoms with Gasteiger partial charge in [0.1, 0.15) is 18.3 Å². The maximum absolute atomic E-state index is 14.1. The molecule has 1 aliphatic carbocycles. The highest BCUT2D eigenvalue weighted by molar-refractivity contribution is 7.92. The third-order valence-corrected chi connectivity index (χ3v) is 9.53. The molecule has 0 aliphatic heterocycles. The predicted octanol–water partition coefficient (Wildman–Crippen LogP) is 5.41. The van der Waals surface area contributed by atoms with Crippen molar-refractivity contribution in [2.45, 2.75) is 62.6 Å². The van der Waals surface area contributed by atoms with Crippen LogP contribution in [0.15, 0.2) is 83.8 Å². The second kappa shape index (κ2) is 13.9. The van der Waals surface area contributed by atoms with Crippen molar-refractivity contribution in [1.29, 1.82) is 0 Å². The quantitative estimate of drug-likeness (QED) is 0.319. The second-order valence-corrected chi connectivity index (χ2v) is 12.4. The first-order chi connectivity index (χ1) is 19.7. The molecule has 1 aliphatic rings. The van der Waals surface area contributed by atoms with Crippen LogP contribution in [0.4, 0.5) is 5.69 Å². The lowest BCUT2D eigenvalue weighted by Crippen LogP contribution is -2.53. The summed E-state index contributed by atoms with van der Waals surface area (Å²) in [5.41, 5.74) is 0.914. The summed E-state index contributed by atoms with van der Waals surface area (Å²) in [5.74, 6) is -0.383. The van der Waals surface area contributed by atoms with Gasteiger partial charge in [-0.15, -0.1) is 0 Å². The zero-order valence-electron chi connectivity index (χ0n) is 23.3.